The van der Waals surface area contributed by atoms with Gasteiger partial charge in [-0.25, -0.2) is 0 Å². The van der Waals surface area contributed by atoms with E-state index in [1.807, 2.05) is 0 Å². The first kappa shape index (κ1) is 14.9. The molecule has 1 saturated heterocycles. The van der Waals surface area contributed by atoms with Gasteiger partial charge in [0.1, 0.15) is 5.75 Å². The van der Waals surface area contributed by atoms with Crippen LogP contribution in [0.15, 0.2) is 18.2 Å². The maximum absolute atomic E-state index is 6.14. The van der Waals surface area contributed by atoms with Gasteiger partial charge in [-0.15, -0.1) is 0 Å². The van der Waals surface area contributed by atoms with Gasteiger partial charge in [0.25, 0.3) is 0 Å². The Labute approximate surface area is 128 Å². The van der Waals surface area contributed by atoms with Crippen LogP contribution in [0.3, 0.4) is 0 Å². The summed E-state index contributed by atoms with van der Waals surface area (Å²) in [5, 5.41) is 3.41. The third-order valence-electron chi connectivity index (χ3n) is 5.16. The smallest absolute Gasteiger partial charge is 0.119 e. The van der Waals surface area contributed by atoms with E-state index >= 15 is 0 Å². The third-order valence-corrected chi connectivity index (χ3v) is 5.16. The zero-order chi connectivity index (χ0) is 14.7. The van der Waals surface area contributed by atoms with Crippen LogP contribution in [0.2, 0.25) is 0 Å². The molecule has 2 aliphatic heterocycles. The van der Waals surface area contributed by atoms with E-state index in [2.05, 4.69) is 42.3 Å². The first-order valence-corrected chi connectivity index (χ1v) is 8.36. The maximum atomic E-state index is 6.14. The molecule has 0 spiro atoms. The summed E-state index contributed by atoms with van der Waals surface area (Å²) in [4.78, 5) is 2.54. The number of hydrogen-bond donors (Lipinski definition) is 1. The van der Waals surface area contributed by atoms with Crippen molar-refractivity contribution in [3.63, 3.8) is 0 Å². The van der Waals surface area contributed by atoms with E-state index < -0.39 is 0 Å². The average molecular weight is 288 g/mol. The van der Waals surface area contributed by atoms with Crippen molar-refractivity contribution in [3.8, 4) is 5.75 Å². The molecule has 0 unspecified atom stereocenters. The molecule has 0 bridgehead atoms. The minimum atomic E-state index is 0.336. The largest absolute Gasteiger partial charge is 0.493 e. The lowest BCUT2D eigenvalue weighted by atomic mass is 9.81. The van der Waals surface area contributed by atoms with Crippen molar-refractivity contribution in [2.24, 2.45) is 5.41 Å². The zero-order valence-electron chi connectivity index (χ0n) is 13.5. The van der Waals surface area contributed by atoms with Gasteiger partial charge in [-0.2, -0.15) is 0 Å². The van der Waals surface area contributed by atoms with E-state index in [0.717, 1.165) is 31.9 Å². The molecular formula is C18H28N2O. The Morgan fingerprint density at radius 2 is 2.05 bits per heavy atom. The number of likely N-dealkylation sites (tertiary alicyclic amines) is 1. The lowest BCUT2D eigenvalue weighted by Gasteiger charge is -2.38. The number of benzene rings is 1. The number of ether oxygens (including phenoxy) is 1. The maximum Gasteiger partial charge on any atom is 0.119 e. The van der Waals surface area contributed by atoms with Crippen LogP contribution in [0.4, 0.5) is 0 Å². The molecule has 0 saturated carbocycles. The number of rotatable bonds is 4. The van der Waals surface area contributed by atoms with Crippen molar-refractivity contribution in [2.45, 2.75) is 39.7 Å². The van der Waals surface area contributed by atoms with Gasteiger partial charge in [0.05, 0.1) is 6.61 Å². The molecule has 3 nitrogen and oxygen atoms in total. The highest BCUT2D eigenvalue weighted by Gasteiger charge is 2.30. The predicted octanol–water partition coefficient (Wildman–Crippen LogP) is 2.83. The molecule has 0 atom stereocenters. The first-order valence-electron chi connectivity index (χ1n) is 8.36. The monoisotopic (exact) mass is 288 g/mol. The fourth-order valence-corrected chi connectivity index (χ4v) is 3.35. The van der Waals surface area contributed by atoms with Crippen molar-refractivity contribution in [1.82, 2.24) is 10.2 Å². The van der Waals surface area contributed by atoms with Gasteiger partial charge >= 0.3 is 0 Å². The highest BCUT2D eigenvalue weighted by Crippen LogP contribution is 2.32. The summed E-state index contributed by atoms with van der Waals surface area (Å²) in [7, 11) is 0. The Kier molecular flexibility index (Phi) is 4.51. The molecule has 1 N–H and O–H groups in total. The van der Waals surface area contributed by atoms with Gasteiger partial charge in [0.2, 0.25) is 0 Å². The summed E-state index contributed by atoms with van der Waals surface area (Å²) in [6.07, 6.45) is 3.61. The molecule has 1 aromatic carbocycles. The molecule has 0 aliphatic carbocycles. The highest BCUT2D eigenvalue weighted by molar-refractivity contribution is 5.37. The summed E-state index contributed by atoms with van der Waals surface area (Å²) in [6, 6.07) is 6.61. The molecule has 116 valence electrons. The Hall–Kier alpha value is -1.06. The van der Waals surface area contributed by atoms with Crippen molar-refractivity contribution in [1.29, 1.82) is 0 Å². The molecular weight excluding hydrogens is 260 g/mol. The van der Waals surface area contributed by atoms with E-state index in [1.54, 1.807) is 0 Å². The van der Waals surface area contributed by atoms with Gasteiger partial charge in [0.15, 0.2) is 0 Å². The Morgan fingerprint density at radius 3 is 2.81 bits per heavy atom. The summed E-state index contributed by atoms with van der Waals surface area (Å²) < 4.78 is 6.14. The number of fused-ring (bicyclic) bond motifs is 1. The second kappa shape index (κ2) is 6.37. The van der Waals surface area contributed by atoms with Crippen LogP contribution in [0.1, 0.15) is 37.8 Å². The van der Waals surface area contributed by atoms with E-state index in [4.69, 9.17) is 4.74 Å². The van der Waals surface area contributed by atoms with Crippen LogP contribution in [0, 0.1) is 5.41 Å². The van der Waals surface area contributed by atoms with Gasteiger partial charge in [-0.05, 0) is 68.7 Å². The first-order chi connectivity index (χ1) is 10.2. The minimum absolute atomic E-state index is 0.336. The lowest BCUT2D eigenvalue weighted by molar-refractivity contribution is 0.0714. The molecule has 2 aliphatic rings. The van der Waals surface area contributed by atoms with E-state index in [1.165, 1.54) is 43.6 Å². The average Bonchev–Trinajstić information content (AvgIpc) is 2.54. The number of nitrogens with zero attached hydrogens (tertiary/aromatic N) is 1. The molecule has 1 fully saturated rings. The number of piperidine rings is 1. The van der Waals surface area contributed by atoms with Crippen molar-refractivity contribution in [2.75, 3.05) is 32.8 Å². The molecule has 1 aromatic rings. The fourth-order valence-electron chi connectivity index (χ4n) is 3.35. The van der Waals surface area contributed by atoms with Crippen LogP contribution in [-0.4, -0.2) is 37.7 Å². The second-order valence-electron chi connectivity index (χ2n) is 6.89. The molecule has 0 aromatic heterocycles. The topological polar surface area (TPSA) is 24.5 Å². The summed E-state index contributed by atoms with van der Waals surface area (Å²) in [6.45, 7) is 11.2. The van der Waals surface area contributed by atoms with Gasteiger partial charge in [-0.3, -0.25) is 0 Å². The number of hydrogen-bond acceptors (Lipinski definition) is 3. The van der Waals surface area contributed by atoms with Crippen molar-refractivity contribution >= 4 is 0 Å². The highest BCUT2D eigenvalue weighted by atomic mass is 16.5. The summed E-state index contributed by atoms with van der Waals surface area (Å²) >= 11 is 0. The summed E-state index contributed by atoms with van der Waals surface area (Å²) in [5.41, 5.74) is 3.22. The standard InChI is InChI=1S/C18H28N2O/c1-3-20-10-7-18(2,8-11-20)14-21-17-5-4-16-13-19-9-6-15(16)12-17/h4-5,12,19H,3,6-11,13-14H2,1-2H3. The van der Waals surface area contributed by atoms with Crippen LogP contribution in [-0.2, 0) is 13.0 Å². The Balaban J connectivity index is 1.57. The normalized spacial score (nSPS) is 21.8. The minimum Gasteiger partial charge on any atom is -0.493 e. The van der Waals surface area contributed by atoms with Gasteiger partial charge < -0.3 is 15.0 Å². The van der Waals surface area contributed by atoms with Gasteiger partial charge in [0, 0.05) is 12.0 Å². The second-order valence-corrected chi connectivity index (χ2v) is 6.89. The zero-order valence-corrected chi connectivity index (χ0v) is 13.5. The molecule has 3 heteroatoms. The molecule has 0 radical (unpaired) electrons. The van der Waals surface area contributed by atoms with Crippen LogP contribution < -0.4 is 10.1 Å². The van der Waals surface area contributed by atoms with Gasteiger partial charge in [-0.1, -0.05) is 19.9 Å². The Bertz CT molecular complexity index is 478. The van der Waals surface area contributed by atoms with E-state index in [-0.39, 0.29) is 0 Å². The molecule has 3 rings (SSSR count). The lowest BCUT2D eigenvalue weighted by Crippen LogP contribution is -2.41. The van der Waals surface area contributed by atoms with Crippen molar-refractivity contribution in [3.05, 3.63) is 29.3 Å². The summed E-state index contributed by atoms with van der Waals surface area (Å²) in [5.74, 6) is 1.05. The quantitative estimate of drug-likeness (QED) is 0.922. The van der Waals surface area contributed by atoms with Crippen LogP contribution in [0.5, 0.6) is 5.75 Å². The number of nitrogens with one attached hydrogen (secondary N) is 1. The van der Waals surface area contributed by atoms with Crippen molar-refractivity contribution < 1.29 is 4.74 Å². The predicted molar refractivity (Wildman–Crippen MR) is 86.8 cm³/mol. The van der Waals surface area contributed by atoms with E-state index in [0.29, 0.717) is 5.41 Å². The SMILES string of the molecule is CCN1CCC(C)(COc2ccc3c(c2)CCNC3)CC1. The third kappa shape index (κ3) is 3.58. The van der Waals surface area contributed by atoms with Crippen LogP contribution in [0.25, 0.3) is 0 Å². The van der Waals surface area contributed by atoms with E-state index in [9.17, 15) is 0 Å². The molecule has 21 heavy (non-hydrogen) atoms. The molecule has 2 heterocycles. The fraction of sp³-hybridized carbons (Fsp3) is 0.667. The molecule has 0 amide bonds. The van der Waals surface area contributed by atoms with Crippen LogP contribution >= 0.6 is 0 Å². The Morgan fingerprint density at radius 1 is 1.24 bits per heavy atom.